The number of aromatic nitrogens is 1. The van der Waals surface area contributed by atoms with Crippen molar-refractivity contribution in [1.82, 2.24) is 4.98 Å². The summed E-state index contributed by atoms with van der Waals surface area (Å²) in [7, 11) is 0. The van der Waals surface area contributed by atoms with Gasteiger partial charge in [0.25, 0.3) is 5.91 Å². The summed E-state index contributed by atoms with van der Waals surface area (Å²) in [5, 5.41) is 6.16. The van der Waals surface area contributed by atoms with Crippen LogP contribution in [0, 0.1) is 6.92 Å². The number of rotatable bonds is 4. The lowest BCUT2D eigenvalue weighted by Gasteiger charge is -2.09. The van der Waals surface area contributed by atoms with Crippen molar-refractivity contribution < 1.29 is 4.79 Å². The Morgan fingerprint density at radius 3 is 2.76 bits per heavy atom. The van der Waals surface area contributed by atoms with Gasteiger partial charge in [0.15, 0.2) is 0 Å². The van der Waals surface area contributed by atoms with Crippen molar-refractivity contribution in [3.05, 3.63) is 51.1 Å². The summed E-state index contributed by atoms with van der Waals surface area (Å²) < 4.78 is 0.946. The first-order valence-corrected chi connectivity index (χ1v) is 7.65. The van der Waals surface area contributed by atoms with Crippen LogP contribution in [0.15, 0.2) is 34.8 Å². The minimum absolute atomic E-state index is 0.228. The molecule has 1 aromatic carbocycles. The normalized spacial score (nSPS) is 10.3. The van der Waals surface area contributed by atoms with Gasteiger partial charge in [-0.05, 0) is 43.7 Å². The molecule has 0 saturated carbocycles. The zero-order chi connectivity index (χ0) is 15.4. The first-order valence-electron chi connectivity index (χ1n) is 6.48. The summed E-state index contributed by atoms with van der Waals surface area (Å²) in [6, 6.07) is 8.87. The van der Waals surface area contributed by atoms with E-state index < -0.39 is 0 Å². The molecule has 0 atom stereocenters. The van der Waals surface area contributed by atoms with E-state index in [1.807, 2.05) is 32.0 Å². The van der Waals surface area contributed by atoms with E-state index in [-0.39, 0.29) is 11.1 Å². The molecule has 0 spiro atoms. The molecule has 0 unspecified atom stereocenters. The minimum Gasteiger partial charge on any atom is -0.370 e. The number of nitrogens with one attached hydrogen (secondary N) is 2. The highest BCUT2D eigenvalue weighted by Crippen LogP contribution is 2.22. The van der Waals surface area contributed by atoms with Crippen LogP contribution in [-0.2, 0) is 0 Å². The first kappa shape index (κ1) is 15.8. The highest BCUT2D eigenvalue weighted by molar-refractivity contribution is 9.10. The third-order valence-electron chi connectivity index (χ3n) is 2.84. The Hall–Kier alpha value is -1.59. The third-order valence-corrected chi connectivity index (χ3v) is 3.89. The Labute approximate surface area is 137 Å². The van der Waals surface area contributed by atoms with E-state index in [0.717, 1.165) is 15.7 Å². The monoisotopic (exact) mass is 367 g/mol. The summed E-state index contributed by atoms with van der Waals surface area (Å²) in [5.41, 5.74) is 2.28. The van der Waals surface area contributed by atoms with Crippen LogP contribution in [0.1, 0.15) is 22.8 Å². The fourth-order valence-corrected chi connectivity index (χ4v) is 2.36. The van der Waals surface area contributed by atoms with Gasteiger partial charge in [-0.15, -0.1) is 0 Å². The van der Waals surface area contributed by atoms with E-state index in [1.165, 1.54) is 0 Å². The van der Waals surface area contributed by atoms with Gasteiger partial charge >= 0.3 is 0 Å². The Kier molecular flexibility index (Phi) is 5.20. The molecule has 1 amide bonds. The second kappa shape index (κ2) is 6.91. The molecule has 21 heavy (non-hydrogen) atoms. The number of anilines is 2. The van der Waals surface area contributed by atoms with Crippen molar-refractivity contribution in [1.29, 1.82) is 0 Å². The Balaban J connectivity index is 2.21. The number of hydrogen-bond acceptors (Lipinski definition) is 3. The molecule has 110 valence electrons. The lowest BCUT2D eigenvalue weighted by atomic mass is 10.2. The molecule has 0 saturated heterocycles. The van der Waals surface area contributed by atoms with Crippen LogP contribution in [0.25, 0.3) is 0 Å². The maximum atomic E-state index is 12.3. The number of halogens is 2. The number of carbonyl (C=O) groups is 1. The van der Waals surface area contributed by atoms with Crippen molar-refractivity contribution >= 4 is 44.9 Å². The van der Waals surface area contributed by atoms with Gasteiger partial charge in [0.05, 0.1) is 0 Å². The summed E-state index contributed by atoms with van der Waals surface area (Å²) in [5.74, 6) is 0.356. The van der Waals surface area contributed by atoms with Crippen molar-refractivity contribution in [2.45, 2.75) is 13.8 Å². The molecule has 0 aliphatic heterocycles. The molecule has 0 aliphatic rings. The predicted octanol–water partition coefficient (Wildman–Crippen LogP) is 4.49. The number of amides is 1. The van der Waals surface area contributed by atoms with Gasteiger partial charge in [0.2, 0.25) is 0 Å². The number of nitrogens with zero attached hydrogens (tertiary/aromatic N) is 1. The number of pyridine rings is 1. The average Bonchev–Trinajstić information content (AvgIpc) is 2.42. The highest BCUT2D eigenvalue weighted by Gasteiger charge is 2.10. The molecule has 2 rings (SSSR count). The predicted molar refractivity (Wildman–Crippen MR) is 90.2 cm³/mol. The maximum Gasteiger partial charge on any atom is 0.255 e. The van der Waals surface area contributed by atoms with E-state index in [2.05, 4.69) is 31.5 Å². The van der Waals surface area contributed by atoms with Gasteiger partial charge in [-0.3, -0.25) is 4.79 Å². The Bertz CT molecular complexity index is 676. The van der Waals surface area contributed by atoms with Gasteiger partial charge in [-0.1, -0.05) is 33.6 Å². The van der Waals surface area contributed by atoms with Crippen molar-refractivity contribution in [3.63, 3.8) is 0 Å². The summed E-state index contributed by atoms with van der Waals surface area (Å²) in [6.07, 6.45) is 0. The van der Waals surface area contributed by atoms with Gasteiger partial charge in [-0.2, -0.15) is 0 Å². The second-order valence-corrected chi connectivity index (χ2v) is 5.75. The summed E-state index contributed by atoms with van der Waals surface area (Å²) in [6.45, 7) is 4.65. The van der Waals surface area contributed by atoms with Crippen molar-refractivity contribution in [3.8, 4) is 0 Å². The molecule has 2 N–H and O–H groups in total. The van der Waals surface area contributed by atoms with Crippen molar-refractivity contribution in [2.75, 3.05) is 17.2 Å². The molecule has 4 nitrogen and oxygen atoms in total. The largest absolute Gasteiger partial charge is 0.370 e. The average molecular weight is 369 g/mol. The zero-order valence-corrected chi connectivity index (χ0v) is 14.0. The molecular weight excluding hydrogens is 354 g/mol. The molecule has 0 fully saturated rings. The third kappa shape index (κ3) is 4.19. The number of hydrogen-bond donors (Lipinski definition) is 2. The fourth-order valence-electron chi connectivity index (χ4n) is 1.77. The standard InChI is InChI=1S/C15H15BrClN3O/c1-3-18-14-7-10(6-13(17)20-14)15(21)19-11-5-4-9(2)12(16)8-11/h4-8H,3H2,1-2H3,(H,18,20)(H,19,21). The van der Waals surface area contributed by atoms with Crippen molar-refractivity contribution in [2.24, 2.45) is 0 Å². The van der Waals surface area contributed by atoms with E-state index in [0.29, 0.717) is 17.9 Å². The van der Waals surface area contributed by atoms with Crippen LogP contribution in [0.2, 0.25) is 5.15 Å². The lowest BCUT2D eigenvalue weighted by molar-refractivity contribution is 0.102. The summed E-state index contributed by atoms with van der Waals surface area (Å²) in [4.78, 5) is 16.4. The molecule has 0 aliphatic carbocycles. The van der Waals surface area contributed by atoms with Gasteiger partial charge in [0.1, 0.15) is 11.0 Å². The number of aryl methyl sites for hydroxylation is 1. The molecule has 6 heteroatoms. The highest BCUT2D eigenvalue weighted by atomic mass is 79.9. The van der Waals surface area contributed by atoms with E-state index in [1.54, 1.807) is 12.1 Å². The van der Waals surface area contributed by atoms with Gasteiger partial charge in [-0.25, -0.2) is 4.98 Å². The van der Waals surface area contributed by atoms with E-state index in [9.17, 15) is 4.79 Å². The zero-order valence-electron chi connectivity index (χ0n) is 11.7. The van der Waals surface area contributed by atoms with E-state index >= 15 is 0 Å². The minimum atomic E-state index is -0.228. The maximum absolute atomic E-state index is 12.3. The van der Waals surface area contributed by atoms with E-state index in [4.69, 9.17) is 11.6 Å². The van der Waals surface area contributed by atoms with Crippen LogP contribution in [0.3, 0.4) is 0 Å². The Morgan fingerprint density at radius 2 is 2.10 bits per heavy atom. The van der Waals surface area contributed by atoms with Crippen LogP contribution in [-0.4, -0.2) is 17.4 Å². The van der Waals surface area contributed by atoms with Crippen LogP contribution >= 0.6 is 27.5 Å². The number of carbonyl (C=O) groups excluding carboxylic acids is 1. The topological polar surface area (TPSA) is 54.0 Å². The molecule has 0 radical (unpaired) electrons. The van der Waals surface area contributed by atoms with Crippen LogP contribution in [0.5, 0.6) is 0 Å². The lowest BCUT2D eigenvalue weighted by Crippen LogP contribution is -2.13. The van der Waals surface area contributed by atoms with Gasteiger partial charge in [0, 0.05) is 22.3 Å². The molecular formula is C15H15BrClN3O. The molecule has 1 aromatic heterocycles. The first-order chi connectivity index (χ1) is 9.99. The van der Waals surface area contributed by atoms with Crippen LogP contribution < -0.4 is 10.6 Å². The number of benzene rings is 1. The van der Waals surface area contributed by atoms with Crippen LogP contribution in [0.4, 0.5) is 11.5 Å². The molecule has 0 bridgehead atoms. The Morgan fingerprint density at radius 1 is 1.33 bits per heavy atom. The molecule has 1 heterocycles. The molecule has 2 aromatic rings. The SMILES string of the molecule is CCNc1cc(C(=O)Nc2ccc(C)c(Br)c2)cc(Cl)n1. The quantitative estimate of drug-likeness (QED) is 0.782. The second-order valence-electron chi connectivity index (χ2n) is 4.51. The smallest absolute Gasteiger partial charge is 0.255 e. The fraction of sp³-hybridized carbons (Fsp3) is 0.200. The summed E-state index contributed by atoms with van der Waals surface area (Å²) >= 11 is 9.38. The van der Waals surface area contributed by atoms with Gasteiger partial charge < -0.3 is 10.6 Å².